The first kappa shape index (κ1) is 18.2. The minimum Gasteiger partial charge on any atom is -0.478 e. The van der Waals surface area contributed by atoms with Crippen LogP contribution in [-0.4, -0.2) is 39.6 Å². The number of carboxylic acid groups (broad SMARTS) is 1. The highest BCUT2D eigenvalue weighted by Gasteiger charge is 2.31. The average molecular weight is 351 g/mol. The second kappa shape index (κ2) is 7.14. The van der Waals surface area contributed by atoms with Crippen LogP contribution in [0, 0.1) is 0 Å². The number of aryl methyl sites for hydroxylation is 1. The molecule has 2 aromatic rings. The fraction of sp³-hybridized carbons (Fsp3) is 0.375. The van der Waals surface area contributed by atoms with Gasteiger partial charge in [0.2, 0.25) is 10.0 Å². The highest BCUT2D eigenvalue weighted by molar-refractivity contribution is 7.89. The Balaban J connectivity index is 2.44. The first-order chi connectivity index (χ1) is 11.3. The van der Waals surface area contributed by atoms with Gasteiger partial charge in [0.05, 0.1) is 16.7 Å². The quantitative estimate of drug-likeness (QED) is 0.825. The molecule has 130 valence electrons. The first-order valence-electron chi connectivity index (χ1n) is 7.62. The zero-order valence-electron chi connectivity index (χ0n) is 13.9. The number of carboxylic acids is 1. The number of nitrogens with zero attached hydrogens (tertiary/aromatic N) is 3. The molecule has 0 radical (unpaired) electrons. The summed E-state index contributed by atoms with van der Waals surface area (Å²) in [7, 11) is -3.96. The Morgan fingerprint density at radius 1 is 1.33 bits per heavy atom. The fourth-order valence-electron chi connectivity index (χ4n) is 2.38. The first-order valence-corrected chi connectivity index (χ1v) is 9.06. The van der Waals surface area contributed by atoms with Crippen LogP contribution in [0.5, 0.6) is 0 Å². The van der Waals surface area contributed by atoms with E-state index in [4.69, 9.17) is 0 Å². The summed E-state index contributed by atoms with van der Waals surface area (Å²) in [5.74, 6) is -1.27. The molecule has 0 amide bonds. The van der Waals surface area contributed by atoms with Gasteiger partial charge in [-0.1, -0.05) is 12.1 Å². The van der Waals surface area contributed by atoms with Crippen molar-refractivity contribution in [3.05, 3.63) is 47.8 Å². The van der Waals surface area contributed by atoms with E-state index in [1.807, 2.05) is 6.92 Å². The van der Waals surface area contributed by atoms with E-state index in [2.05, 4.69) is 5.10 Å². The van der Waals surface area contributed by atoms with Gasteiger partial charge in [0.25, 0.3) is 0 Å². The van der Waals surface area contributed by atoms with Crippen molar-refractivity contribution >= 4 is 16.0 Å². The van der Waals surface area contributed by atoms with E-state index in [1.165, 1.54) is 28.6 Å². The third kappa shape index (κ3) is 3.65. The van der Waals surface area contributed by atoms with Crippen molar-refractivity contribution in [2.45, 2.75) is 44.8 Å². The van der Waals surface area contributed by atoms with Crippen LogP contribution in [0.15, 0.2) is 41.6 Å². The van der Waals surface area contributed by atoms with E-state index in [0.29, 0.717) is 6.54 Å². The van der Waals surface area contributed by atoms with Crippen LogP contribution in [0.4, 0.5) is 0 Å². The number of aromatic carboxylic acids is 1. The van der Waals surface area contributed by atoms with Gasteiger partial charge in [-0.25, -0.2) is 13.2 Å². The number of aromatic nitrogens is 2. The summed E-state index contributed by atoms with van der Waals surface area (Å²) in [5.41, 5.74) is 0.523. The predicted octanol–water partition coefficient (Wildman–Crippen LogP) is 2.20. The molecule has 0 atom stereocenters. The van der Waals surface area contributed by atoms with Crippen LogP contribution in [0.2, 0.25) is 0 Å². The topological polar surface area (TPSA) is 92.5 Å². The lowest BCUT2D eigenvalue weighted by molar-refractivity contribution is 0.0692. The van der Waals surface area contributed by atoms with Crippen molar-refractivity contribution in [2.24, 2.45) is 0 Å². The van der Waals surface area contributed by atoms with Crippen molar-refractivity contribution in [1.29, 1.82) is 0 Å². The van der Waals surface area contributed by atoms with Crippen molar-refractivity contribution in [2.75, 3.05) is 0 Å². The van der Waals surface area contributed by atoms with E-state index in [0.717, 1.165) is 5.56 Å². The molecule has 7 nitrogen and oxygen atoms in total. The molecule has 0 aliphatic heterocycles. The molecule has 0 saturated carbocycles. The van der Waals surface area contributed by atoms with Crippen LogP contribution in [0.25, 0.3) is 0 Å². The fourth-order valence-corrected chi connectivity index (χ4v) is 4.19. The van der Waals surface area contributed by atoms with E-state index >= 15 is 0 Å². The Morgan fingerprint density at radius 2 is 2.00 bits per heavy atom. The molecule has 1 heterocycles. The number of rotatable bonds is 7. The molecule has 8 heteroatoms. The molecule has 0 fully saturated rings. The lowest BCUT2D eigenvalue weighted by atomic mass is 10.2. The number of hydrogen-bond acceptors (Lipinski definition) is 4. The maximum atomic E-state index is 13.0. The van der Waals surface area contributed by atoms with Gasteiger partial charge in [-0.3, -0.25) is 4.68 Å². The van der Waals surface area contributed by atoms with Crippen LogP contribution >= 0.6 is 0 Å². The van der Waals surface area contributed by atoms with Gasteiger partial charge in [-0.05, 0) is 32.9 Å². The van der Waals surface area contributed by atoms with Crippen LogP contribution in [0.1, 0.15) is 36.7 Å². The molecule has 0 aliphatic rings. The summed E-state index contributed by atoms with van der Waals surface area (Å²) >= 11 is 0. The summed E-state index contributed by atoms with van der Waals surface area (Å²) in [6.45, 7) is 6.28. The van der Waals surface area contributed by atoms with Gasteiger partial charge < -0.3 is 5.11 Å². The van der Waals surface area contributed by atoms with Crippen LogP contribution in [-0.2, 0) is 23.1 Å². The number of hydrogen-bond donors (Lipinski definition) is 1. The molecule has 0 unspecified atom stereocenters. The smallest absolute Gasteiger partial charge is 0.337 e. The highest BCUT2D eigenvalue weighted by atomic mass is 32.2. The molecular weight excluding hydrogens is 330 g/mol. The maximum absolute atomic E-state index is 13.0. The van der Waals surface area contributed by atoms with Gasteiger partial charge in [0, 0.05) is 30.9 Å². The van der Waals surface area contributed by atoms with Gasteiger partial charge in [-0.2, -0.15) is 9.40 Å². The number of sulfonamides is 1. The predicted molar refractivity (Wildman–Crippen MR) is 89.2 cm³/mol. The lowest BCUT2D eigenvalue weighted by Gasteiger charge is -2.26. The second-order valence-corrected chi connectivity index (χ2v) is 7.51. The Labute approximate surface area is 141 Å². The molecule has 0 aliphatic carbocycles. The van der Waals surface area contributed by atoms with Gasteiger partial charge in [-0.15, -0.1) is 0 Å². The summed E-state index contributed by atoms with van der Waals surface area (Å²) in [6, 6.07) is 5.31. The van der Waals surface area contributed by atoms with Crippen molar-refractivity contribution in [3.8, 4) is 0 Å². The molecule has 1 N–H and O–H groups in total. The Hall–Kier alpha value is -2.19. The molecule has 24 heavy (non-hydrogen) atoms. The van der Waals surface area contributed by atoms with E-state index in [9.17, 15) is 18.3 Å². The zero-order valence-corrected chi connectivity index (χ0v) is 14.7. The zero-order chi connectivity index (χ0) is 17.9. The monoisotopic (exact) mass is 351 g/mol. The SMILES string of the molecule is CCn1cc(CN(C(C)C)S(=O)(=O)c2ccccc2C(=O)O)cn1. The van der Waals surface area contributed by atoms with E-state index in [1.54, 1.807) is 30.9 Å². The lowest BCUT2D eigenvalue weighted by Crippen LogP contribution is -2.37. The Morgan fingerprint density at radius 3 is 2.54 bits per heavy atom. The highest BCUT2D eigenvalue weighted by Crippen LogP contribution is 2.24. The van der Waals surface area contributed by atoms with Crippen molar-refractivity contribution in [3.63, 3.8) is 0 Å². The number of benzene rings is 1. The standard InChI is InChI=1S/C16H21N3O4S/c1-4-18-10-13(9-17-18)11-19(12(2)3)24(22,23)15-8-6-5-7-14(15)16(20)21/h5-10,12H,4,11H2,1-3H3,(H,20,21). The van der Waals surface area contributed by atoms with E-state index in [-0.39, 0.29) is 23.0 Å². The van der Waals surface area contributed by atoms with Crippen LogP contribution in [0.3, 0.4) is 0 Å². The summed E-state index contributed by atoms with van der Waals surface area (Å²) < 4.78 is 29.0. The molecule has 2 rings (SSSR count). The average Bonchev–Trinajstić information content (AvgIpc) is 3.00. The number of carbonyl (C=O) groups is 1. The van der Waals surface area contributed by atoms with Gasteiger partial charge >= 0.3 is 5.97 Å². The molecule has 1 aromatic heterocycles. The summed E-state index contributed by atoms with van der Waals surface area (Å²) in [6.07, 6.45) is 3.41. The molecule has 0 spiro atoms. The molecular formula is C16H21N3O4S. The molecule has 1 aromatic carbocycles. The van der Waals surface area contributed by atoms with Gasteiger partial charge in [0.1, 0.15) is 0 Å². The van der Waals surface area contributed by atoms with Gasteiger partial charge in [0.15, 0.2) is 0 Å². The Kier molecular flexibility index (Phi) is 5.40. The molecule has 0 saturated heterocycles. The minimum atomic E-state index is -3.96. The maximum Gasteiger partial charge on any atom is 0.337 e. The van der Waals surface area contributed by atoms with Crippen LogP contribution < -0.4 is 0 Å². The third-order valence-corrected chi connectivity index (χ3v) is 5.71. The minimum absolute atomic E-state index is 0.133. The summed E-state index contributed by atoms with van der Waals surface area (Å²) in [4.78, 5) is 11.2. The van der Waals surface area contributed by atoms with Crippen molar-refractivity contribution < 1.29 is 18.3 Å². The van der Waals surface area contributed by atoms with E-state index < -0.39 is 16.0 Å². The molecule has 0 bridgehead atoms. The third-order valence-electron chi connectivity index (χ3n) is 3.63. The van der Waals surface area contributed by atoms with Crippen molar-refractivity contribution in [1.82, 2.24) is 14.1 Å². The normalized spacial score (nSPS) is 12.0. The largest absolute Gasteiger partial charge is 0.478 e. The Bertz CT molecular complexity index is 827. The summed E-state index contributed by atoms with van der Waals surface area (Å²) in [5, 5.41) is 13.4. The second-order valence-electron chi connectivity index (χ2n) is 5.65.